The number of terminal acetylenes is 1. The van der Waals surface area contributed by atoms with Gasteiger partial charge in [-0.1, -0.05) is 30.3 Å². The van der Waals surface area contributed by atoms with Crippen LogP contribution in [0.4, 0.5) is 0 Å². The third-order valence-corrected chi connectivity index (χ3v) is 5.32. The first kappa shape index (κ1) is 19.5. The van der Waals surface area contributed by atoms with Gasteiger partial charge in [0.05, 0.1) is 12.2 Å². The minimum absolute atomic E-state index is 0.113. The molecule has 1 aliphatic rings. The fourth-order valence-corrected chi connectivity index (χ4v) is 3.86. The topological polar surface area (TPSA) is 93.3 Å². The van der Waals surface area contributed by atoms with Gasteiger partial charge in [0.1, 0.15) is 11.7 Å². The Balaban J connectivity index is 1.95. The van der Waals surface area contributed by atoms with Crippen molar-refractivity contribution in [1.82, 2.24) is 24.5 Å². The molecule has 30 heavy (non-hydrogen) atoms. The molecule has 1 amide bonds. The van der Waals surface area contributed by atoms with Crippen molar-refractivity contribution in [2.24, 2.45) is 0 Å². The molecule has 0 radical (unpaired) electrons. The third kappa shape index (κ3) is 3.14. The first-order chi connectivity index (χ1) is 14.4. The van der Waals surface area contributed by atoms with Gasteiger partial charge >= 0.3 is 0 Å². The average molecular weight is 403 g/mol. The van der Waals surface area contributed by atoms with Gasteiger partial charge in [0.25, 0.3) is 5.91 Å². The van der Waals surface area contributed by atoms with Crippen molar-refractivity contribution in [1.29, 1.82) is 0 Å². The number of benzene rings is 1. The summed E-state index contributed by atoms with van der Waals surface area (Å²) in [6, 6.07) is 10.4. The molecule has 3 heterocycles. The Bertz CT molecular complexity index is 1190. The van der Waals surface area contributed by atoms with Crippen molar-refractivity contribution in [2.45, 2.75) is 32.0 Å². The lowest BCUT2D eigenvalue weighted by atomic mass is 9.96. The minimum Gasteiger partial charge on any atom is -0.502 e. The number of hydrogen-bond donors (Lipinski definition) is 1. The quantitative estimate of drug-likeness (QED) is 0.671. The number of carbonyl (C=O) groups is 1. The van der Waals surface area contributed by atoms with Gasteiger partial charge in [-0.2, -0.15) is 10.2 Å². The van der Waals surface area contributed by atoms with E-state index in [1.54, 1.807) is 21.8 Å². The lowest BCUT2D eigenvalue weighted by Gasteiger charge is -2.40. The van der Waals surface area contributed by atoms with E-state index in [1.807, 2.05) is 44.2 Å². The van der Waals surface area contributed by atoms with E-state index in [1.165, 1.54) is 4.68 Å². The van der Waals surface area contributed by atoms with Crippen molar-refractivity contribution in [3.63, 3.8) is 0 Å². The number of aromatic hydroxyl groups is 1. The molecule has 8 nitrogen and oxygen atoms in total. The zero-order valence-corrected chi connectivity index (χ0v) is 16.6. The maximum Gasteiger partial charge on any atom is 0.276 e. The first-order valence-corrected chi connectivity index (χ1v) is 9.60. The van der Waals surface area contributed by atoms with Crippen LogP contribution >= 0.6 is 0 Å². The molecular weight excluding hydrogens is 382 g/mol. The van der Waals surface area contributed by atoms with Gasteiger partial charge in [0.2, 0.25) is 5.43 Å². The van der Waals surface area contributed by atoms with E-state index in [-0.39, 0.29) is 17.8 Å². The highest BCUT2D eigenvalue weighted by Gasteiger charge is 2.40. The fraction of sp³-hybridized carbons (Fsp3) is 0.273. The highest BCUT2D eigenvalue weighted by molar-refractivity contribution is 5.95. The Hall–Kier alpha value is -3.86. The molecular formula is C22H21N5O3. The normalized spacial score (nSPS) is 16.9. The maximum atomic E-state index is 13.0. The van der Waals surface area contributed by atoms with Crippen LogP contribution in [0.25, 0.3) is 0 Å². The number of amides is 1. The molecule has 0 aliphatic carbocycles. The number of rotatable bonds is 4. The predicted molar refractivity (Wildman–Crippen MR) is 110 cm³/mol. The number of nitrogens with zero attached hydrogens (tertiary/aromatic N) is 5. The zero-order chi connectivity index (χ0) is 21.4. The molecule has 3 aromatic rings. The van der Waals surface area contributed by atoms with Crippen LogP contribution in [0, 0.1) is 12.3 Å². The predicted octanol–water partition coefficient (Wildman–Crippen LogP) is 1.82. The molecule has 0 saturated carbocycles. The Morgan fingerprint density at radius 1 is 1.20 bits per heavy atom. The molecule has 2 unspecified atom stereocenters. The van der Waals surface area contributed by atoms with E-state index < -0.39 is 23.1 Å². The molecule has 2 atom stereocenters. The molecule has 1 aliphatic heterocycles. The SMILES string of the molecule is C#Cc1ccn(C(c2ccccc2)C2CN(C(C)C)C(=O)c3c(O)c(=O)cnn32)n1. The van der Waals surface area contributed by atoms with Gasteiger partial charge in [-0.05, 0) is 31.4 Å². The van der Waals surface area contributed by atoms with Gasteiger partial charge in [-0.15, -0.1) is 6.42 Å². The standard InChI is InChI=1S/C22H21N5O3/c1-4-16-10-11-26(24-16)19(15-8-6-5-7-9-15)17-13-25(14(2)3)22(30)20-21(29)18(28)12-23-27(17)20/h1,5-12,14,17,19,29H,13H2,2-3H3. The van der Waals surface area contributed by atoms with Crippen LogP contribution in [-0.4, -0.2) is 48.1 Å². The van der Waals surface area contributed by atoms with Crippen LogP contribution in [0.3, 0.4) is 0 Å². The molecule has 0 fully saturated rings. The molecule has 8 heteroatoms. The largest absolute Gasteiger partial charge is 0.502 e. The van der Waals surface area contributed by atoms with Crippen LogP contribution in [-0.2, 0) is 0 Å². The number of hydrogen-bond acceptors (Lipinski definition) is 5. The molecule has 1 N–H and O–H groups in total. The lowest BCUT2D eigenvalue weighted by molar-refractivity contribution is 0.0547. The van der Waals surface area contributed by atoms with Gasteiger partial charge in [-0.25, -0.2) is 4.68 Å². The fourth-order valence-electron chi connectivity index (χ4n) is 3.86. The van der Waals surface area contributed by atoms with Crippen LogP contribution in [0.2, 0.25) is 0 Å². The van der Waals surface area contributed by atoms with Gasteiger partial charge in [0, 0.05) is 18.8 Å². The van der Waals surface area contributed by atoms with Gasteiger partial charge in [0.15, 0.2) is 11.4 Å². The summed E-state index contributed by atoms with van der Waals surface area (Å²) < 4.78 is 3.18. The van der Waals surface area contributed by atoms with E-state index in [2.05, 4.69) is 16.1 Å². The molecule has 4 rings (SSSR count). The summed E-state index contributed by atoms with van der Waals surface area (Å²) in [5.41, 5.74) is 0.610. The van der Waals surface area contributed by atoms with Gasteiger partial charge < -0.3 is 10.0 Å². The second-order valence-electron chi connectivity index (χ2n) is 7.45. The monoisotopic (exact) mass is 403 g/mol. The van der Waals surface area contributed by atoms with E-state index in [4.69, 9.17) is 6.42 Å². The van der Waals surface area contributed by atoms with E-state index >= 15 is 0 Å². The van der Waals surface area contributed by atoms with Crippen molar-refractivity contribution < 1.29 is 9.90 Å². The van der Waals surface area contributed by atoms with Gasteiger partial charge in [-0.3, -0.25) is 14.3 Å². The second kappa shape index (κ2) is 7.52. The van der Waals surface area contributed by atoms with Crippen molar-refractivity contribution in [3.8, 4) is 18.1 Å². The highest BCUT2D eigenvalue weighted by Crippen LogP contribution is 2.36. The molecule has 0 spiro atoms. The van der Waals surface area contributed by atoms with E-state index in [0.29, 0.717) is 12.2 Å². The smallest absolute Gasteiger partial charge is 0.276 e. The first-order valence-electron chi connectivity index (χ1n) is 9.60. The Labute approximate surface area is 173 Å². The molecule has 1 aromatic carbocycles. The van der Waals surface area contributed by atoms with E-state index in [9.17, 15) is 14.7 Å². The summed E-state index contributed by atoms with van der Waals surface area (Å²) in [6.45, 7) is 4.10. The van der Waals surface area contributed by atoms with Crippen molar-refractivity contribution >= 4 is 5.91 Å². The minimum atomic E-state index is -0.691. The van der Waals surface area contributed by atoms with Crippen LogP contribution in [0.15, 0.2) is 53.6 Å². The van der Waals surface area contributed by atoms with Crippen molar-refractivity contribution in [2.75, 3.05) is 6.54 Å². The average Bonchev–Trinajstić information content (AvgIpc) is 3.21. The highest BCUT2D eigenvalue weighted by atomic mass is 16.3. The van der Waals surface area contributed by atoms with Crippen LogP contribution < -0.4 is 5.43 Å². The van der Waals surface area contributed by atoms with Crippen LogP contribution in [0.5, 0.6) is 5.75 Å². The summed E-state index contributed by atoms with van der Waals surface area (Å²) in [6.07, 6.45) is 8.32. The summed E-state index contributed by atoms with van der Waals surface area (Å²) in [4.78, 5) is 26.7. The van der Waals surface area contributed by atoms with Crippen LogP contribution in [0.1, 0.15) is 47.7 Å². The molecule has 0 saturated heterocycles. The Morgan fingerprint density at radius 3 is 2.57 bits per heavy atom. The number of carbonyl (C=O) groups excluding carboxylic acids is 1. The number of aromatic nitrogens is 4. The molecule has 2 aromatic heterocycles. The zero-order valence-electron chi connectivity index (χ0n) is 16.6. The molecule has 152 valence electrons. The summed E-state index contributed by atoms with van der Waals surface area (Å²) in [5, 5.41) is 19.1. The summed E-state index contributed by atoms with van der Waals surface area (Å²) >= 11 is 0. The number of fused-ring (bicyclic) bond motifs is 1. The Morgan fingerprint density at radius 2 is 1.93 bits per heavy atom. The molecule has 0 bridgehead atoms. The Kier molecular flexibility index (Phi) is 4.88. The summed E-state index contributed by atoms with van der Waals surface area (Å²) in [5.74, 6) is 1.50. The van der Waals surface area contributed by atoms with E-state index in [0.717, 1.165) is 11.8 Å². The second-order valence-corrected chi connectivity index (χ2v) is 7.45. The lowest BCUT2D eigenvalue weighted by Crippen LogP contribution is -2.50. The van der Waals surface area contributed by atoms with Crippen molar-refractivity contribution in [3.05, 3.63) is 76.0 Å². The maximum absolute atomic E-state index is 13.0. The third-order valence-electron chi connectivity index (χ3n) is 5.32. The summed E-state index contributed by atoms with van der Waals surface area (Å²) in [7, 11) is 0.